The Bertz CT molecular complexity index is 396. The van der Waals surface area contributed by atoms with Crippen LogP contribution in [0.3, 0.4) is 0 Å². The smallest absolute Gasteiger partial charge is 0.304 e. The van der Waals surface area contributed by atoms with Gasteiger partial charge < -0.3 is 25.5 Å². The van der Waals surface area contributed by atoms with Crippen LogP contribution >= 0.6 is 0 Å². The van der Waals surface area contributed by atoms with Gasteiger partial charge in [0.1, 0.15) is 0 Å². The fourth-order valence-corrected chi connectivity index (χ4v) is 2.17. The fraction of sp³-hybridized carbons (Fsp3) is 0.889. The number of rotatable bonds is 10. The summed E-state index contributed by atoms with van der Waals surface area (Å²) in [7, 11) is 0. The Labute approximate surface area is 161 Å². The van der Waals surface area contributed by atoms with E-state index in [0.717, 1.165) is 26.2 Å². The summed E-state index contributed by atoms with van der Waals surface area (Å²) in [5.74, 6) is -1.40. The summed E-state index contributed by atoms with van der Waals surface area (Å²) in [5, 5.41) is 42.5. The second-order valence-corrected chi connectivity index (χ2v) is 7.30. The summed E-state index contributed by atoms with van der Waals surface area (Å²) in [6.07, 6.45) is 1.16. The SMILES string of the molecule is CC1CN1CCC(=O)O.CC1CN1CCC(=O)O.CCC(CO)(CO)CO. The van der Waals surface area contributed by atoms with Crippen LogP contribution in [0.15, 0.2) is 0 Å². The van der Waals surface area contributed by atoms with E-state index < -0.39 is 17.4 Å². The van der Waals surface area contributed by atoms with E-state index in [1.54, 1.807) is 0 Å². The minimum Gasteiger partial charge on any atom is -0.481 e. The van der Waals surface area contributed by atoms with Gasteiger partial charge in [-0.3, -0.25) is 19.4 Å². The summed E-state index contributed by atoms with van der Waals surface area (Å²) >= 11 is 0. The second kappa shape index (κ2) is 13.0. The standard InChI is InChI=1S/2C6H11NO2.C6H14O3/c2*1-5-4-7(5)3-2-6(8)9;1-2-6(3-7,4-8)5-9/h2*5H,2-4H2,1H3,(H,8,9);7-9H,2-5H2,1H3. The zero-order valence-electron chi connectivity index (χ0n) is 16.7. The molecule has 9 nitrogen and oxygen atoms in total. The van der Waals surface area contributed by atoms with E-state index in [1.165, 1.54) is 0 Å². The van der Waals surface area contributed by atoms with E-state index in [0.29, 0.717) is 18.5 Å². The molecule has 160 valence electrons. The van der Waals surface area contributed by atoms with Crippen LogP contribution in [0.2, 0.25) is 0 Å². The van der Waals surface area contributed by atoms with Crippen LogP contribution in [0.4, 0.5) is 0 Å². The fourth-order valence-electron chi connectivity index (χ4n) is 2.17. The lowest BCUT2D eigenvalue weighted by Gasteiger charge is -2.24. The maximum atomic E-state index is 10.0. The summed E-state index contributed by atoms with van der Waals surface area (Å²) in [4.78, 5) is 24.3. The number of aliphatic hydroxyl groups is 3. The number of aliphatic hydroxyl groups excluding tert-OH is 3. The summed E-state index contributed by atoms with van der Waals surface area (Å²) in [5.41, 5.74) is -0.667. The Hall–Kier alpha value is -1.26. The lowest BCUT2D eigenvalue weighted by atomic mass is 9.88. The van der Waals surface area contributed by atoms with E-state index in [4.69, 9.17) is 25.5 Å². The van der Waals surface area contributed by atoms with Crippen LogP contribution in [0, 0.1) is 5.41 Å². The number of hydrogen-bond acceptors (Lipinski definition) is 7. The first kappa shape index (κ1) is 25.7. The Morgan fingerprint density at radius 1 is 0.852 bits per heavy atom. The highest BCUT2D eigenvalue weighted by molar-refractivity contribution is 5.67. The van der Waals surface area contributed by atoms with Gasteiger partial charge in [-0.1, -0.05) is 6.92 Å². The second-order valence-electron chi connectivity index (χ2n) is 7.30. The van der Waals surface area contributed by atoms with Crippen molar-refractivity contribution in [3.05, 3.63) is 0 Å². The van der Waals surface area contributed by atoms with Crippen molar-refractivity contribution in [2.75, 3.05) is 46.0 Å². The molecule has 2 saturated heterocycles. The van der Waals surface area contributed by atoms with Crippen LogP contribution in [0.25, 0.3) is 0 Å². The molecule has 0 spiro atoms. The Morgan fingerprint density at radius 3 is 1.26 bits per heavy atom. The van der Waals surface area contributed by atoms with Crippen molar-refractivity contribution >= 4 is 11.9 Å². The molecule has 0 radical (unpaired) electrons. The number of carboxylic acid groups (broad SMARTS) is 2. The average Bonchev–Trinajstić information content (AvgIpc) is 3.53. The first-order chi connectivity index (χ1) is 12.6. The van der Waals surface area contributed by atoms with Gasteiger partial charge in [-0.25, -0.2) is 0 Å². The summed E-state index contributed by atoms with van der Waals surface area (Å²) in [6, 6.07) is 1.26. The summed E-state index contributed by atoms with van der Waals surface area (Å²) in [6.45, 7) is 9.14. The molecule has 27 heavy (non-hydrogen) atoms. The van der Waals surface area contributed by atoms with Gasteiger partial charge in [-0.15, -0.1) is 0 Å². The molecule has 2 aliphatic heterocycles. The number of nitrogens with zero attached hydrogens (tertiary/aromatic N) is 2. The van der Waals surface area contributed by atoms with Crippen molar-refractivity contribution in [2.24, 2.45) is 5.41 Å². The molecule has 0 aliphatic carbocycles. The summed E-state index contributed by atoms with van der Waals surface area (Å²) < 4.78 is 0. The Kier molecular flexibility index (Phi) is 12.4. The van der Waals surface area contributed by atoms with Crippen molar-refractivity contribution in [1.29, 1.82) is 0 Å². The predicted octanol–water partition coefficient (Wildman–Crippen LogP) is -0.310. The van der Waals surface area contributed by atoms with E-state index in [2.05, 4.69) is 23.6 Å². The number of hydrogen-bond donors (Lipinski definition) is 5. The molecule has 0 amide bonds. The maximum Gasteiger partial charge on any atom is 0.304 e. The van der Waals surface area contributed by atoms with Crippen molar-refractivity contribution < 1.29 is 35.1 Å². The van der Waals surface area contributed by atoms with Crippen molar-refractivity contribution in [1.82, 2.24) is 9.80 Å². The molecular formula is C18H36N2O7. The number of carboxylic acids is 2. The van der Waals surface area contributed by atoms with Gasteiger partial charge in [0.05, 0.1) is 32.7 Å². The zero-order chi connectivity index (χ0) is 21.0. The third-order valence-corrected chi connectivity index (χ3v) is 4.96. The van der Waals surface area contributed by atoms with Crippen molar-refractivity contribution in [2.45, 2.75) is 52.1 Å². The molecule has 0 bridgehead atoms. The van der Waals surface area contributed by atoms with Crippen LogP contribution < -0.4 is 0 Å². The maximum absolute atomic E-state index is 10.0. The monoisotopic (exact) mass is 392 g/mol. The van der Waals surface area contributed by atoms with Gasteiger partial charge in [0, 0.05) is 43.7 Å². The lowest BCUT2D eigenvalue weighted by Crippen LogP contribution is -2.32. The van der Waals surface area contributed by atoms with Crippen molar-refractivity contribution in [3.8, 4) is 0 Å². The molecule has 5 N–H and O–H groups in total. The highest BCUT2D eigenvalue weighted by atomic mass is 16.4. The van der Waals surface area contributed by atoms with E-state index in [1.807, 2.05) is 6.92 Å². The van der Waals surface area contributed by atoms with Crippen LogP contribution in [-0.4, -0.2) is 105 Å². The lowest BCUT2D eigenvalue weighted by molar-refractivity contribution is -0.138. The van der Waals surface area contributed by atoms with Gasteiger partial charge in [0.15, 0.2) is 0 Å². The highest BCUT2D eigenvalue weighted by Crippen LogP contribution is 2.18. The van der Waals surface area contributed by atoms with Gasteiger partial charge in [0.25, 0.3) is 0 Å². The third kappa shape index (κ3) is 11.9. The van der Waals surface area contributed by atoms with E-state index in [9.17, 15) is 9.59 Å². The normalized spacial score (nSPS) is 25.4. The van der Waals surface area contributed by atoms with E-state index in [-0.39, 0.29) is 32.7 Å². The number of aliphatic carboxylic acids is 2. The van der Waals surface area contributed by atoms with Crippen molar-refractivity contribution in [3.63, 3.8) is 0 Å². The molecule has 4 atom stereocenters. The molecule has 2 heterocycles. The third-order valence-electron chi connectivity index (χ3n) is 4.96. The minimum atomic E-state index is -0.700. The first-order valence-corrected chi connectivity index (χ1v) is 9.39. The van der Waals surface area contributed by atoms with Crippen LogP contribution in [0.1, 0.15) is 40.0 Å². The molecule has 2 aliphatic rings. The quantitative estimate of drug-likeness (QED) is 0.317. The molecule has 0 aromatic heterocycles. The molecule has 9 heteroatoms. The van der Waals surface area contributed by atoms with Gasteiger partial charge in [-0.05, 0) is 20.3 Å². The highest BCUT2D eigenvalue weighted by Gasteiger charge is 2.29. The molecule has 4 unspecified atom stereocenters. The largest absolute Gasteiger partial charge is 0.481 e. The van der Waals surface area contributed by atoms with Gasteiger partial charge in [-0.2, -0.15) is 0 Å². The first-order valence-electron chi connectivity index (χ1n) is 9.39. The van der Waals surface area contributed by atoms with E-state index >= 15 is 0 Å². The minimum absolute atomic E-state index is 0.156. The Balaban J connectivity index is 0.000000376. The zero-order valence-corrected chi connectivity index (χ0v) is 16.7. The van der Waals surface area contributed by atoms with Crippen LogP contribution in [0.5, 0.6) is 0 Å². The van der Waals surface area contributed by atoms with Gasteiger partial charge >= 0.3 is 11.9 Å². The van der Waals surface area contributed by atoms with Crippen LogP contribution in [-0.2, 0) is 9.59 Å². The average molecular weight is 392 g/mol. The predicted molar refractivity (Wildman–Crippen MR) is 101 cm³/mol. The molecular weight excluding hydrogens is 356 g/mol. The topological polar surface area (TPSA) is 141 Å². The molecule has 2 fully saturated rings. The molecule has 2 rings (SSSR count). The number of carbonyl (C=O) groups is 2. The molecule has 0 aromatic rings. The molecule has 0 saturated carbocycles. The van der Waals surface area contributed by atoms with Gasteiger partial charge in [0.2, 0.25) is 0 Å². The molecule has 0 aromatic carbocycles. The Morgan fingerprint density at radius 2 is 1.15 bits per heavy atom.